The molecule has 1 amide bonds. The number of primary amides is 1. The first-order valence-electron chi connectivity index (χ1n) is 4.07. The maximum absolute atomic E-state index is 11.4. The van der Waals surface area contributed by atoms with E-state index in [9.17, 15) is 13.2 Å². The zero-order valence-electron chi connectivity index (χ0n) is 7.86. The lowest BCUT2D eigenvalue weighted by Gasteiger charge is -2.12. The van der Waals surface area contributed by atoms with Gasteiger partial charge in [0.15, 0.2) is 9.84 Å². The molecule has 2 atom stereocenters. The van der Waals surface area contributed by atoms with E-state index in [-0.39, 0.29) is 5.75 Å². The van der Waals surface area contributed by atoms with Crippen molar-refractivity contribution < 1.29 is 13.2 Å². The lowest BCUT2D eigenvalue weighted by molar-refractivity contribution is -0.117. The number of carbonyl (C=O) groups is 1. The van der Waals surface area contributed by atoms with E-state index in [4.69, 9.17) is 11.5 Å². The maximum atomic E-state index is 11.4. The predicted molar refractivity (Wildman–Crippen MR) is 50.7 cm³/mol. The minimum absolute atomic E-state index is 0.187. The third-order valence-electron chi connectivity index (χ3n) is 1.91. The average molecular weight is 208 g/mol. The molecule has 0 heterocycles. The van der Waals surface area contributed by atoms with Crippen LogP contribution in [0.5, 0.6) is 0 Å². The van der Waals surface area contributed by atoms with E-state index in [2.05, 4.69) is 0 Å². The van der Waals surface area contributed by atoms with Crippen LogP contribution in [0.4, 0.5) is 0 Å². The maximum Gasteiger partial charge on any atom is 0.235 e. The van der Waals surface area contributed by atoms with Crippen LogP contribution in [0.1, 0.15) is 20.3 Å². The monoisotopic (exact) mass is 208 g/mol. The van der Waals surface area contributed by atoms with Crippen LogP contribution in [0.25, 0.3) is 0 Å². The molecule has 0 spiro atoms. The molecule has 0 saturated carbocycles. The topological polar surface area (TPSA) is 103 Å². The molecule has 0 saturated heterocycles. The summed E-state index contributed by atoms with van der Waals surface area (Å²) in [7, 11) is -3.47. The first-order valence-corrected chi connectivity index (χ1v) is 5.79. The van der Waals surface area contributed by atoms with Crippen molar-refractivity contribution in [2.45, 2.75) is 31.6 Å². The Morgan fingerprint density at radius 2 is 1.92 bits per heavy atom. The molecule has 0 aromatic heterocycles. The van der Waals surface area contributed by atoms with Crippen LogP contribution in [0, 0.1) is 0 Å². The van der Waals surface area contributed by atoms with Gasteiger partial charge in [0.25, 0.3) is 0 Å². The molecule has 0 aliphatic heterocycles. The molecule has 2 unspecified atom stereocenters. The Bertz CT molecular complexity index is 273. The number of carbonyl (C=O) groups excluding carboxylic acids is 1. The zero-order chi connectivity index (χ0) is 10.6. The highest BCUT2D eigenvalue weighted by Crippen LogP contribution is 2.04. The molecule has 0 aromatic rings. The van der Waals surface area contributed by atoms with Gasteiger partial charge >= 0.3 is 0 Å². The summed E-state index contributed by atoms with van der Waals surface area (Å²) < 4.78 is 22.7. The molecule has 78 valence electrons. The summed E-state index contributed by atoms with van der Waals surface area (Å²) in [5.41, 5.74) is 10.3. The first kappa shape index (κ1) is 12.4. The van der Waals surface area contributed by atoms with Crippen LogP contribution >= 0.6 is 0 Å². The van der Waals surface area contributed by atoms with Crippen molar-refractivity contribution in [1.82, 2.24) is 0 Å². The highest BCUT2D eigenvalue weighted by molar-refractivity contribution is 7.92. The van der Waals surface area contributed by atoms with Gasteiger partial charge in [0.1, 0.15) is 5.25 Å². The fourth-order valence-electron chi connectivity index (χ4n) is 0.738. The van der Waals surface area contributed by atoms with Crippen molar-refractivity contribution >= 4 is 15.7 Å². The predicted octanol–water partition coefficient (Wildman–Crippen LogP) is -0.988. The standard InChI is InChI=1S/C7H16N2O3S/c1-3-6(8)4-13(11,12)5(2)7(9)10/h5-6H,3-4,8H2,1-2H3,(H2,9,10). The van der Waals surface area contributed by atoms with E-state index in [0.717, 1.165) is 0 Å². The van der Waals surface area contributed by atoms with Crippen molar-refractivity contribution in [3.63, 3.8) is 0 Å². The van der Waals surface area contributed by atoms with Gasteiger partial charge in [0, 0.05) is 6.04 Å². The molecular formula is C7H16N2O3S. The summed E-state index contributed by atoms with van der Waals surface area (Å²) in [5, 5.41) is -1.15. The van der Waals surface area contributed by atoms with Crippen molar-refractivity contribution in [2.24, 2.45) is 11.5 Å². The Balaban J connectivity index is 4.50. The van der Waals surface area contributed by atoms with Crippen LogP contribution in [0.2, 0.25) is 0 Å². The summed E-state index contributed by atoms with van der Waals surface area (Å²) in [4.78, 5) is 10.6. The van der Waals surface area contributed by atoms with Crippen molar-refractivity contribution in [2.75, 3.05) is 5.75 Å². The van der Waals surface area contributed by atoms with E-state index in [0.29, 0.717) is 6.42 Å². The smallest absolute Gasteiger partial charge is 0.235 e. The fourth-order valence-corrected chi connectivity index (χ4v) is 2.21. The number of sulfone groups is 1. The van der Waals surface area contributed by atoms with E-state index >= 15 is 0 Å². The fraction of sp³-hybridized carbons (Fsp3) is 0.857. The Morgan fingerprint density at radius 3 is 2.23 bits per heavy atom. The normalized spacial score (nSPS) is 16.5. The lowest BCUT2D eigenvalue weighted by atomic mass is 10.3. The van der Waals surface area contributed by atoms with Gasteiger partial charge in [0.05, 0.1) is 5.75 Å². The Labute approximate surface area is 78.4 Å². The van der Waals surface area contributed by atoms with Crippen LogP contribution in [-0.2, 0) is 14.6 Å². The molecule has 0 aliphatic carbocycles. The van der Waals surface area contributed by atoms with Crippen LogP contribution < -0.4 is 11.5 Å². The highest BCUT2D eigenvalue weighted by Gasteiger charge is 2.27. The molecule has 4 N–H and O–H groups in total. The van der Waals surface area contributed by atoms with Gasteiger partial charge in [0.2, 0.25) is 5.91 Å². The number of rotatable bonds is 5. The average Bonchev–Trinajstić information content (AvgIpc) is 2.01. The van der Waals surface area contributed by atoms with Crippen LogP contribution in [0.3, 0.4) is 0 Å². The Morgan fingerprint density at radius 1 is 1.46 bits per heavy atom. The summed E-state index contributed by atoms with van der Waals surface area (Å²) in [5.74, 6) is -1.02. The van der Waals surface area contributed by atoms with Gasteiger partial charge in [-0.05, 0) is 13.3 Å². The highest BCUT2D eigenvalue weighted by atomic mass is 32.2. The molecule has 0 aliphatic rings. The molecule has 0 aromatic carbocycles. The molecule has 13 heavy (non-hydrogen) atoms. The quantitative estimate of drug-likeness (QED) is 0.605. The minimum atomic E-state index is -3.47. The molecule has 6 heteroatoms. The van der Waals surface area contributed by atoms with Gasteiger partial charge in [-0.3, -0.25) is 4.79 Å². The van der Waals surface area contributed by atoms with E-state index < -0.39 is 27.0 Å². The van der Waals surface area contributed by atoms with E-state index in [1.807, 2.05) is 0 Å². The van der Waals surface area contributed by atoms with Crippen LogP contribution in [-0.4, -0.2) is 31.4 Å². The second-order valence-electron chi connectivity index (χ2n) is 3.04. The first-order chi connectivity index (χ1) is 5.81. The lowest BCUT2D eigenvalue weighted by Crippen LogP contribution is -2.39. The number of amides is 1. The Kier molecular flexibility index (Phi) is 4.35. The van der Waals surface area contributed by atoms with Gasteiger partial charge in [-0.15, -0.1) is 0 Å². The molecular weight excluding hydrogens is 192 g/mol. The van der Waals surface area contributed by atoms with Gasteiger partial charge in [-0.25, -0.2) is 8.42 Å². The molecule has 0 radical (unpaired) electrons. The molecule has 5 nitrogen and oxygen atoms in total. The number of hydrogen-bond donors (Lipinski definition) is 2. The number of nitrogens with two attached hydrogens (primary N) is 2. The van der Waals surface area contributed by atoms with Crippen molar-refractivity contribution in [1.29, 1.82) is 0 Å². The van der Waals surface area contributed by atoms with E-state index in [1.165, 1.54) is 6.92 Å². The summed E-state index contributed by atoms with van der Waals surface area (Å²) in [6.45, 7) is 3.06. The minimum Gasteiger partial charge on any atom is -0.369 e. The van der Waals surface area contributed by atoms with Crippen molar-refractivity contribution in [3.05, 3.63) is 0 Å². The molecule has 0 fully saturated rings. The largest absolute Gasteiger partial charge is 0.369 e. The second kappa shape index (κ2) is 4.57. The SMILES string of the molecule is CCC(N)CS(=O)(=O)C(C)C(N)=O. The Hall–Kier alpha value is -0.620. The summed E-state index contributed by atoms with van der Waals surface area (Å²) >= 11 is 0. The third-order valence-corrected chi connectivity index (χ3v) is 4.11. The van der Waals surface area contributed by atoms with Crippen LogP contribution in [0.15, 0.2) is 0 Å². The van der Waals surface area contributed by atoms with Gasteiger partial charge < -0.3 is 11.5 Å². The molecule has 0 bridgehead atoms. The second-order valence-corrected chi connectivity index (χ2v) is 5.41. The van der Waals surface area contributed by atoms with Gasteiger partial charge in [-0.2, -0.15) is 0 Å². The number of hydrogen-bond acceptors (Lipinski definition) is 4. The van der Waals surface area contributed by atoms with E-state index in [1.54, 1.807) is 6.92 Å². The summed E-state index contributed by atoms with van der Waals surface area (Å²) in [6.07, 6.45) is 0.560. The van der Waals surface area contributed by atoms with Gasteiger partial charge in [-0.1, -0.05) is 6.92 Å². The van der Waals surface area contributed by atoms with Crippen molar-refractivity contribution in [3.8, 4) is 0 Å². The third kappa shape index (κ3) is 3.73. The summed E-state index contributed by atoms with van der Waals surface area (Å²) in [6, 6.07) is -0.424. The molecule has 0 rings (SSSR count). The zero-order valence-corrected chi connectivity index (χ0v) is 8.67.